The summed E-state index contributed by atoms with van der Waals surface area (Å²) < 4.78 is 4.91. The number of fused-ring (bicyclic) bond motifs is 10. The molecule has 72 heavy (non-hydrogen) atoms. The fraction of sp³-hybridized carbons (Fsp3) is 0. The van der Waals surface area contributed by atoms with Crippen LogP contribution in [-0.2, 0) is 0 Å². The van der Waals surface area contributed by atoms with E-state index in [0.29, 0.717) is 0 Å². The van der Waals surface area contributed by atoms with Gasteiger partial charge in [-0.15, -0.1) is 0 Å². The Morgan fingerprint density at radius 3 is 1.08 bits per heavy atom. The van der Waals surface area contributed by atoms with Gasteiger partial charge in [0.2, 0.25) is 0 Å². The van der Waals surface area contributed by atoms with E-state index in [4.69, 9.17) is 0 Å². The highest BCUT2D eigenvalue weighted by molar-refractivity contribution is 6.30. The molecule has 2 aromatic heterocycles. The van der Waals surface area contributed by atoms with Crippen molar-refractivity contribution < 1.29 is 0 Å². The topological polar surface area (TPSA) is 9.86 Å². The molecule has 0 aliphatic carbocycles. The lowest BCUT2D eigenvalue weighted by molar-refractivity contribution is 1.18. The van der Waals surface area contributed by atoms with E-state index in [2.05, 4.69) is 276 Å². The van der Waals surface area contributed by atoms with Gasteiger partial charge in [0.1, 0.15) is 0 Å². The van der Waals surface area contributed by atoms with Gasteiger partial charge in [0.25, 0.3) is 0 Å². The number of hydrogen-bond acceptors (Lipinski definition) is 0. The van der Waals surface area contributed by atoms with Gasteiger partial charge in [-0.3, -0.25) is 0 Å². The minimum Gasteiger partial charge on any atom is -0.309 e. The van der Waals surface area contributed by atoms with Gasteiger partial charge < -0.3 is 9.13 Å². The summed E-state index contributed by atoms with van der Waals surface area (Å²) in [6.45, 7) is 0. The van der Waals surface area contributed by atoms with Crippen molar-refractivity contribution in [3.63, 3.8) is 0 Å². The minimum atomic E-state index is 1.15. The third-order valence-corrected chi connectivity index (χ3v) is 15.3. The summed E-state index contributed by atoms with van der Waals surface area (Å²) >= 11 is 0. The maximum atomic E-state index is 2.54. The fourth-order valence-electron chi connectivity index (χ4n) is 12.3. The first-order valence-electron chi connectivity index (χ1n) is 24.9. The van der Waals surface area contributed by atoms with Crippen LogP contribution in [0.25, 0.3) is 143 Å². The number of rotatable bonds is 6. The minimum absolute atomic E-state index is 1.15. The van der Waals surface area contributed by atoms with Crippen LogP contribution in [0.1, 0.15) is 0 Å². The van der Waals surface area contributed by atoms with Crippen molar-refractivity contribution in [2.75, 3.05) is 0 Å². The van der Waals surface area contributed by atoms with Gasteiger partial charge in [0.05, 0.1) is 22.1 Å². The number of nitrogens with zero attached hydrogens (tertiary/aromatic N) is 2. The molecule has 0 saturated heterocycles. The molecule has 0 fully saturated rings. The van der Waals surface area contributed by atoms with Crippen molar-refractivity contribution in [3.8, 4) is 55.9 Å². The number of hydrogen-bond donors (Lipinski definition) is 0. The van der Waals surface area contributed by atoms with E-state index in [0.717, 1.165) is 11.4 Å². The Hall–Kier alpha value is -9.50. The van der Waals surface area contributed by atoms with Crippen LogP contribution < -0.4 is 0 Å². The molecule has 0 spiro atoms. The molecule has 2 heterocycles. The first-order valence-corrected chi connectivity index (χ1v) is 24.9. The number of para-hydroxylation sites is 4. The highest BCUT2D eigenvalue weighted by Gasteiger charge is 2.25. The van der Waals surface area contributed by atoms with Gasteiger partial charge in [-0.05, 0) is 131 Å². The Kier molecular flexibility index (Phi) is 8.99. The lowest BCUT2D eigenvalue weighted by atomic mass is 9.82. The van der Waals surface area contributed by atoms with Crippen molar-refractivity contribution in [1.82, 2.24) is 9.13 Å². The maximum Gasteiger partial charge on any atom is 0.0553 e. The van der Waals surface area contributed by atoms with E-state index in [1.165, 1.54) is 131 Å². The van der Waals surface area contributed by atoms with Crippen molar-refractivity contribution in [2.24, 2.45) is 0 Å². The average molecular weight is 913 g/mol. The second kappa shape index (κ2) is 16.0. The summed E-state index contributed by atoms with van der Waals surface area (Å²) in [4.78, 5) is 0. The van der Waals surface area contributed by atoms with E-state index >= 15 is 0 Å². The first-order chi connectivity index (χ1) is 35.8. The molecule has 0 N–H and O–H groups in total. The molecule has 15 aromatic rings. The van der Waals surface area contributed by atoms with Crippen molar-refractivity contribution in [2.45, 2.75) is 0 Å². The fourth-order valence-corrected chi connectivity index (χ4v) is 12.3. The number of benzene rings is 13. The van der Waals surface area contributed by atoms with Gasteiger partial charge in [0.15, 0.2) is 0 Å². The monoisotopic (exact) mass is 912 g/mol. The third-order valence-electron chi connectivity index (χ3n) is 15.3. The molecule has 334 valence electrons. The zero-order valence-corrected chi connectivity index (χ0v) is 39.3. The van der Waals surface area contributed by atoms with Gasteiger partial charge >= 0.3 is 0 Å². The van der Waals surface area contributed by atoms with Crippen LogP contribution in [0.3, 0.4) is 0 Å². The maximum absolute atomic E-state index is 2.54. The molecule has 0 radical (unpaired) electrons. The molecular weight excluding hydrogens is 869 g/mol. The quantitative estimate of drug-likeness (QED) is 0.147. The molecule has 15 rings (SSSR count). The van der Waals surface area contributed by atoms with Crippen molar-refractivity contribution in [1.29, 1.82) is 0 Å². The van der Waals surface area contributed by atoms with Crippen LogP contribution in [-0.4, -0.2) is 9.13 Å². The normalized spacial score (nSPS) is 11.9. The van der Waals surface area contributed by atoms with Crippen LogP contribution in [0.2, 0.25) is 0 Å². The molecule has 2 nitrogen and oxygen atoms in total. The van der Waals surface area contributed by atoms with E-state index in [1.807, 2.05) is 0 Å². The first kappa shape index (κ1) is 40.4. The zero-order chi connectivity index (χ0) is 47.3. The molecular formula is C70H44N2. The highest BCUT2D eigenvalue weighted by Crippen LogP contribution is 2.51. The molecule has 0 aliphatic heterocycles. The van der Waals surface area contributed by atoms with Gasteiger partial charge in [0, 0.05) is 44.0 Å². The summed E-state index contributed by atoms with van der Waals surface area (Å²) in [6, 6.07) is 98.9. The zero-order valence-electron chi connectivity index (χ0n) is 39.3. The molecule has 2 heteroatoms. The average Bonchev–Trinajstić information content (AvgIpc) is 3.96. The predicted octanol–water partition coefficient (Wildman–Crippen LogP) is 19.2. The van der Waals surface area contributed by atoms with Crippen LogP contribution in [0.4, 0.5) is 0 Å². The van der Waals surface area contributed by atoms with E-state index in [9.17, 15) is 0 Å². The molecule has 0 aliphatic rings. The molecule has 0 bridgehead atoms. The Morgan fingerprint density at radius 2 is 0.583 bits per heavy atom. The smallest absolute Gasteiger partial charge is 0.0553 e. The Labute approximate surface area is 416 Å². The standard InChI is InChI=1S/C70H44N2/c1-4-22-45(23-5-1)50-30-14-15-33-53(50)66-54-36-20-38-56(67-51-31-12-10-24-46(51)42-64-69(67)58-34-16-18-40-62(58)71(64)48-26-6-2-7-27-48)60(54)44-61-55(66)37-21-39-57(61)68-52-32-13-11-25-47(52)43-65-70(68)59-35-17-19-41-63(59)72(65)49-28-8-3-9-29-49/h1-44H. The van der Waals surface area contributed by atoms with Crippen molar-refractivity contribution >= 4 is 86.7 Å². The van der Waals surface area contributed by atoms with E-state index in [1.54, 1.807) is 0 Å². The molecule has 0 saturated carbocycles. The third kappa shape index (κ3) is 5.96. The summed E-state index contributed by atoms with van der Waals surface area (Å²) in [5.74, 6) is 0. The summed E-state index contributed by atoms with van der Waals surface area (Å²) in [5, 5.41) is 14.7. The SMILES string of the molecule is c1ccc(-c2ccccc2-c2c3cccc(-c4c5ccccc5cc5c4c4ccccc4n5-c4ccccc4)c3cc3c(-c4c5ccccc5cc5c4c4ccccc4n5-c4ccccc4)cccc23)cc1. The highest BCUT2D eigenvalue weighted by atomic mass is 15.0. The summed E-state index contributed by atoms with van der Waals surface area (Å²) in [6.07, 6.45) is 0. The van der Waals surface area contributed by atoms with Crippen LogP contribution in [0.15, 0.2) is 267 Å². The Bertz CT molecular complexity index is 4400. The lowest BCUT2D eigenvalue weighted by Crippen LogP contribution is -1.95. The van der Waals surface area contributed by atoms with Crippen LogP contribution >= 0.6 is 0 Å². The molecule has 13 aromatic carbocycles. The Morgan fingerprint density at radius 1 is 0.208 bits per heavy atom. The van der Waals surface area contributed by atoms with Gasteiger partial charge in [-0.25, -0.2) is 0 Å². The van der Waals surface area contributed by atoms with E-state index in [-0.39, 0.29) is 0 Å². The van der Waals surface area contributed by atoms with Gasteiger partial charge in [-0.2, -0.15) is 0 Å². The molecule has 0 atom stereocenters. The van der Waals surface area contributed by atoms with Gasteiger partial charge in [-0.1, -0.05) is 212 Å². The Balaban J connectivity index is 1.14. The van der Waals surface area contributed by atoms with Crippen LogP contribution in [0, 0.1) is 0 Å². The van der Waals surface area contributed by atoms with Crippen molar-refractivity contribution in [3.05, 3.63) is 267 Å². The predicted molar refractivity (Wildman–Crippen MR) is 307 cm³/mol. The molecule has 0 unspecified atom stereocenters. The summed E-state index contributed by atoms with van der Waals surface area (Å²) in [5.41, 5.74) is 16.8. The lowest BCUT2D eigenvalue weighted by Gasteiger charge is -2.21. The largest absolute Gasteiger partial charge is 0.309 e. The second-order valence-electron chi connectivity index (χ2n) is 19.1. The summed E-state index contributed by atoms with van der Waals surface area (Å²) in [7, 11) is 0. The van der Waals surface area contributed by atoms with E-state index < -0.39 is 0 Å². The second-order valence-corrected chi connectivity index (χ2v) is 19.1. The molecule has 0 amide bonds. The number of aromatic nitrogens is 2. The van der Waals surface area contributed by atoms with Crippen LogP contribution in [0.5, 0.6) is 0 Å².